The number of hydrogen-bond acceptors (Lipinski definition) is 2. The van der Waals surface area contributed by atoms with Gasteiger partial charge in [-0.15, -0.1) is 5.92 Å². The van der Waals surface area contributed by atoms with E-state index in [1.165, 1.54) is 12.8 Å². The molecular weight excluding hydrogens is 188 g/mol. The third-order valence-electron chi connectivity index (χ3n) is 2.45. The summed E-state index contributed by atoms with van der Waals surface area (Å²) in [5.41, 5.74) is 0. The van der Waals surface area contributed by atoms with Crippen molar-refractivity contribution in [1.82, 2.24) is 0 Å². The molecule has 15 heavy (non-hydrogen) atoms. The number of hydrogen-bond donors (Lipinski definition) is 1. The Kier molecular flexibility index (Phi) is 8.04. The Morgan fingerprint density at radius 3 is 2.47 bits per heavy atom. The van der Waals surface area contributed by atoms with Crippen molar-refractivity contribution in [2.45, 2.75) is 52.6 Å². The first-order valence-electron chi connectivity index (χ1n) is 5.75. The standard InChI is InChI=1S/C13H22O2/c1-4-5-6-7-8-9-13(15)12(10-14)11(2)3/h10-13,15H,4-7H2,1-3H3. The van der Waals surface area contributed by atoms with Crippen molar-refractivity contribution < 1.29 is 9.90 Å². The smallest absolute Gasteiger partial charge is 0.126 e. The van der Waals surface area contributed by atoms with E-state index in [0.717, 1.165) is 19.1 Å². The number of rotatable bonds is 6. The van der Waals surface area contributed by atoms with E-state index >= 15 is 0 Å². The van der Waals surface area contributed by atoms with Crippen molar-refractivity contribution in [1.29, 1.82) is 0 Å². The second-order valence-electron chi connectivity index (χ2n) is 4.18. The van der Waals surface area contributed by atoms with E-state index in [2.05, 4.69) is 18.8 Å². The van der Waals surface area contributed by atoms with Crippen molar-refractivity contribution >= 4 is 6.29 Å². The lowest BCUT2D eigenvalue weighted by Gasteiger charge is -2.15. The maximum Gasteiger partial charge on any atom is 0.126 e. The van der Waals surface area contributed by atoms with Gasteiger partial charge in [-0.1, -0.05) is 39.5 Å². The lowest BCUT2D eigenvalue weighted by atomic mass is 9.92. The molecule has 0 bridgehead atoms. The Labute approximate surface area is 93.1 Å². The first-order chi connectivity index (χ1) is 7.13. The molecule has 0 aliphatic carbocycles. The molecule has 2 unspecified atom stereocenters. The molecule has 0 rings (SSSR count). The molecule has 86 valence electrons. The van der Waals surface area contributed by atoms with Crippen LogP contribution in [-0.2, 0) is 4.79 Å². The highest BCUT2D eigenvalue weighted by Crippen LogP contribution is 2.12. The van der Waals surface area contributed by atoms with Crippen LogP contribution >= 0.6 is 0 Å². The fraction of sp³-hybridized carbons (Fsp3) is 0.769. The van der Waals surface area contributed by atoms with E-state index in [4.69, 9.17) is 0 Å². The molecule has 2 nitrogen and oxygen atoms in total. The highest BCUT2D eigenvalue weighted by molar-refractivity contribution is 5.56. The van der Waals surface area contributed by atoms with Crippen LogP contribution in [0.25, 0.3) is 0 Å². The predicted molar refractivity (Wildman–Crippen MR) is 62.3 cm³/mol. The van der Waals surface area contributed by atoms with Crippen molar-refractivity contribution in [3.8, 4) is 11.8 Å². The van der Waals surface area contributed by atoms with Crippen LogP contribution in [0.3, 0.4) is 0 Å². The zero-order valence-electron chi connectivity index (χ0n) is 9.99. The van der Waals surface area contributed by atoms with E-state index in [9.17, 15) is 9.90 Å². The highest BCUT2D eigenvalue weighted by atomic mass is 16.3. The molecule has 2 atom stereocenters. The summed E-state index contributed by atoms with van der Waals surface area (Å²) in [6.45, 7) is 5.98. The van der Waals surface area contributed by atoms with E-state index in [1.54, 1.807) is 0 Å². The molecular formula is C13H22O2. The Morgan fingerprint density at radius 1 is 1.33 bits per heavy atom. The second kappa shape index (κ2) is 8.49. The van der Waals surface area contributed by atoms with Gasteiger partial charge in [0.1, 0.15) is 12.4 Å². The molecule has 0 heterocycles. The summed E-state index contributed by atoms with van der Waals surface area (Å²) in [5.74, 6) is 5.46. The Hall–Kier alpha value is -0.810. The molecule has 0 aliphatic rings. The van der Waals surface area contributed by atoms with E-state index in [1.807, 2.05) is 13.8 Å². The molecule has 0 saturated heterocycles. The van der Waals surface area contributed by atoms with Gasteiger partial charge in [0.15, 0.2) is 0 Å². The number of aldehydes is 1. The molecule has 1 N–H and O–H groups in total. The van der Waals surface area contributed by atoms with Crippen molar-refractivity contribution in [3.63, 3.8) is 0 Å². The first kappa shape index (κ1) is 14.2. The van der Waals surface area contributed by atoms with Gasteiger partial charge in [-0.2, -0.15) is 0 Å². The van der Waals surface area contributed by atoms with Crippen LogP contribution < -0.4 is 0 Å². The molecule has 0 saturated carbocycles. The van der Waals surface area contributed by atoms with Crippen LogP contribution in [-0.4, -0.2) is 17.5 Å². The summed E-state index contributed by atoms with van der Waals surface area (Å²) in [7, 11) is 0. The van der Waals surface area contributed by atoms with Gasteiger partial charge in [0.2, 0.25) is 0 Å². The molecule has 2 heteroatoms. The first-order valence-corrected chi connectivity index (χ1v) is 5.75. The number of aliphatic hydroxyl groups is 1. The zero-order chi connectivity index (χ0) is 11.7. The van der Waals surface area contributed by atoms with E-state index < -0.39 is 6.10 Å². The fourth-order valence-corrected chi connectivity index (χ4v) is 1.33. The van der Waals surface area contributed by atoms with Crippen molar-refractivity contribution in [3.05, 3.63) is 0 Å². The summed E-state index contributed by atoms with van der Waals surface area (Å²) in [5, 5.41) is 9.63. The maximum atomic E-state index is 10.7. The number of carbonyl (C=O) groups excluding carboxylic acids is 1. The average molecular weight is 210 g/mol. The molecule has 0 amide bonds. The Bertz CT molecular complexity index is 222. The molecule has 0 radical (unpaired) electrons. The third kappa shape index (κ3) is 6.30. The molecule has 0 aromatic rings. The SMILES string of the molecule is CCCCCC#CC(O)C(C=O)C(C)C. The van der Waals surface area contributed by atoms with Crippen LogP contribution in [0.1, 0.15) is 46.5 Å². The molecule has 0 fully saturated rings. The molecule has 0 aromatic heterocycles. The van der Waals surface area contributed by atoms with Crippen LogP contribution in [0.5, 0.6) is 0 Å². The molecule has 0 aromatic carbocycles. The summed E-state index contributed by atoms with van der Waals surface area (Å²) < 4.78 is 0. The lowest BCUT2D eigenvalue weighted by molar-refractivity contribution is -0.114. The minimum Gasteiger partial charge on any atom is -0.380 e. The monoisotopic (exact) mass is 210 g/mol. The minimum absolute atomic E-state index is 0.141. The van der Waals surface area contributed by atoms with E-state index in [0.29, 0.717) is 0 Å². The Morgan fingerprint density at radius 2 is 2.00 bits per heavy atom. The number of aliphatic hydroxyl groups excluding tert-OH is 1. The summed E-state index contributed by atoms with van der Waals surface area (Å²) in [4.78, 5) is 10.7. The quantitative estimate of drug-likeness (QED) is 0.415. The van der Waals surface area contributed by atoms with Crippen LogP contribution in [0.4, 0.5) is 0 Å². The van der Waals surface area contributed by atoms with Gasteiger partial charge in [-0.3, -0.25) is 0 Å². The predicted octanol–water partition coefficient (Wildman–Crippen LogP) is 2.40. The van der Waals surface area contributed by atoms with Gasteiger partial charge >= 0.3 is 0 Å². The average Bonchev–Trinajstić information content (AvgIpc) is 2.18. The third-order valence-corrected chi connectivity index (χ3v) is 2.45. The van der Waals surface area contributed by atoms with Gasteiger partial charge in [0, 0.05) is 6.42 Å². The van der Waals surface area contributed by atoms with Gasteiger partial charge in [0.05, 0.1) is 5.92 Å². The fourth-order valence-electron chi connectivity index (χ4n) is 1.33. The second-order valence-corrected chi connectivity index (χ2v) is 4.18. The largest absolute Gasteiger partial charge is 0.380 e. The molecule has 0 spiro atoms. The normalized spacial score (nSPS) is 14.2. The van der Waals surface area contributed by atoms with Gasteiger partial charge in [-0.05, 0) is 12.3 Å². The van der Waals surface area contributed by atoms with Crippen LogP contribution in [0.15, 0.2) is 0 Å². The van der Waals surface area contributed by atoms with Crippen LogP contribution in [0, 0.1) is 23.7 Å². The highest BCUT2D eigenvalue weighted by Gasteiger charge is 2.19. The lowest BCUT2D eigenvalue weighted by Crippen LogP contribution is -2.25. The zero-order valence-corrected chi connectivity index (χ0v) is 9.99. The summed E-state index contributed by atoms with van der Waals surface area (Å²) in [6.07, 6.45) is 4.23. The van der Waals surface area contributed by atoms with Gasteiger partial charge < -0.3 is 9.90 Å². The van der Waals surface area contributed by atoms with Crippen LogP contribution in [0.2, 0.25) is 0 Å². The van der Waals surface area contributed by atoms with E-state index in [-0.39, 0.29) is 11.8 Å². The summed E-state index contributed by atoms with van der Waals surface area (Å²) >= 11 is 0. The summed E-state index contributed by atoms with van der Waals surface area (Å²) in [6, 6.07) is 0. The number of carbonyl (C=O) groups is 1. The number of unbranched alkanes of at least 4 members (excludes halogenated alkanes) is 3. The Balaban J connectivity index is 3.97. The maximum absolute atomic E-state index is 10.7. The van der Waals surface area contributed by atoms with Crippen molar-refractivity contribution in [2.24, 2.45) is 11.8 Å². The minimum atomic E-state index is -0.802. The van der Waals surface area contributed by atoms with Gasteiger partial charge in [0.25, 0.3) is 0 Å². The van der Waals surface area contributed by atoms with Gasteiger partial charge in [-0.25, -0.2) is 0 Å². The molecule has 0 aliphatic heterocycles. The van der Waals surface area contributed by atoms with Crippen molar-refractivity contribution in [2.75, 3.05) is 0 Å². The topological polar surface area (TPSA) is 37.3 Å².